The molecule has 2 aliphatic rings. The first-order valence-corrected chi connectivity index (χ1v) is 12.0. The Bertz CT molecular complexity index is 1000. The average molecular weight is 433 g/mol. The van der Waals surface area contributed by atoms with Crippen LogP contribution in [0.25, 0.3) is 0 Å². The molecule has 5 rings (SSSR count). The zero-order chi connectivity index (χ0) is 21.0. The highest BCUT2D eigenvalue weighted by Gasteiger charge is 2.33. The second kappa shape index (κ2) is 9.35. The molecule has 0 spiro atoms. The Morgan fingerprint density at radius 2 is 1.71 bits per heavy atom. The van der Waals surface area contributed by atoms with Crippen LogP contribution >= 0.6 is 11.3 Å². The molecule has 0 aliphatic carbocycles. The highest BCUT2D eigenvalue weighted by Crippen LogP contribution is 2.37. The summed E-state index contributed by atoms with van der Waals surface area (Å²) in [5.41, 5.74) is 3.67. The quantitative estimate of drug-likeness (QED) is 0.600. The predicted octanol–water partition coefficient (Wildman–Crippen LogP) is 4.69. The van der Waals surface area contributed by atoms with E-state index in [0.717, 1.165) is 39.1 Å². The van der Waals surface area contributed by atoms with E-state index in [1.807, 2.05) is 23.5 Å². The van der Waals surface area contributed by atoms with Crippen molar-refractivity contribution in [3.05, 3.63) is 93.7 Å². The number of ether oxygens (including phenoxy) is 1. The average Bonchev–Trinajstić information content (AvgIpc) is 3.18. The number of benzene rings is 2. The maximum Gasteiger partial charge on any atom is 0.237 e. The van der Waals surface area contributed by atoms with Gasteiger partial charge in [0.2, 0.25) is 5.91 Å². The van der Waals surface area contributed by atoms with Crippen LogP contribution in [0.15, 0.2) is 72.1 Å². The van der Waals surface area contributed by atoms with Gasteiger partial charge >= 0.3 is 0 Å². The SMILES string of the molecule is O=C(CN1CCCOC(c2ccccc2)C1)N1CCc2sccc2C1c1ccccc1. The number of carbonyl (C=O) groups is 1. The Balaban J connectivity index is 1.35. The van der Waals surface area contributed by atoms with Gasteiger partial charge in [0.15, 0.2) is 0 Å². The molecule has 0 saturated carbocycles. The largest absolute Gasteiger partial charge is 0.372 e. The Kier molecular flexibility index (Phi) is 6.16. The lowest BCUT2D eigenvalue weighted by atomic mass is 9.93. The first-order valence-electron chi connectivity index (χ1n) is 11.1. The topological polar surface area (TPSA) is 32.8 Å². The predicted molar refractivity (Wildman–Crippen MR) is 124 cm³/mol. The number of hydrogen-bond donors (Lipinski definition) is 0. The van der Waals surface area contributed by atoms with Crippen molar-refractivity contribution in [2.45, 2.75) is 25.0 Å². The normalized spacial score (nSPS) is 22.0. The van der Waals surface area contributed by atoms with Crippen LogP contribution in [0, 0.1) is 0 Å². The van der Waals surface area contributed by atoms with Gasteiger partial charge in [-0.25, -0.2) is 0 Å². The molecule has 3 aromatic rings. The van der Waals surface area contributed by atoms with Gasteiger partial charge in [-0.05, 0) is 41.0 Å². The number of nitrogens with zero attached hydrogens (tertiary/aromatic N) is 2. The zero-order valence-corrected chi connectivity index (χ0v) is 18.5. The molecular formula is C26H28N2O2S. The summed E-state index contributed by atoms with van der Waals surface area (Å²) < 4.78 is 6.11. The maximum absolute atomic E-state index is 13.6. The van der Waals surface area contributed by atoms with E-state index in [1.165, 1.54) is 21.6 Å². The van der Waals surface area contributed by atoms with E-state index in [-0.39, 0.29) is 18.1 Å². The van der Waals surface area contributed by atoms with Crippen LogP contribution in [0.1, 0.15) is 40.1 Å². The van der Waals surface area contributed by atoms with Crippen molar-refractivity contribution in [2.75, 3.05) is 32.8 Å². The lowest BCUT2D eigenvalue weighted by molar-refractivity contribution is -0.134. The molecule has 2 aromatic carbocycles. The summed E-state index contributed by atoms with van der Waals surface area (Å²) in [4.78, 5) is 19.4. The van der Waals surface area contributed by atoms with Crippen molar-refractivity contribution in [1.29, 1.82) is 0 Å². The van der Waals surface area contributed by atoms with Crippen molar-refractivity contribution in [2.24, 2.45) is 0 Å². The third-order valence-electron chi connectivity index (χ3n) is 6.29. The van der Waals surface area contributed by atoms with Gasteiger partial charge in [0.25, 0.3) is 0 Å². The van der Waals surface area contributed by atoms with Gasteiger partial charge in [-0.15, -0.1) is 11.3 Å². The standard InChI is InChI=1S/C26H28N2O2S/c29-25(19-27-14-7-16-30-23(18-27)20-8-3-1-4-9-20)28-15-12-24-22(13-17-31-24)26(28)21-10-5-2-6-11-21/h1-6,8-11,13,17,23,26H,7,12,14-16,18-19H2. The first-order chi connectivity index (χ1) is 15.3. The Labute approximate surface area is 188 Å². The fourth-order valence-electron chi connectivity index (χ4n) is 4.77. The molecule has 3 heterocycles. The molecule has 1 fully saturated rings. The third kappa shape index (κ3) is 4.45. The molecule has 31 heavy (non-hydrogen) atoms. The summed E-state index contributed by atoms with van der Waals surface area (Å²) in [5, 5.41) is 2.16. The van der Waals surface area contributed by atoms with E-state index in [4.69, 9.17) is 4.74 Å². The molecular weight excluding hydrogens is 404 g/mol. The Hall–Kier alpha value is -2.47. The minimum atomic E-state index is 0.0110. The monoisotopic (exact) mass is 432 g/mol. The van der Waals surface area contributed by atoms with E-state index in [0.29, 0.717) is 6.54 Å². The van der Waals surface area contributed by atoms with Crippen molar-refractivity contribution in [3.8, 4) is 0 Å². The lowest BCUT2D eigenvalue weighted by Gasteiger charge is -2.37. The molecule has 0 N–H and O–H groups in total. The molecule has 1 aromatic heterocycles. The molecule has 1 amide bonds. The molecule has 2 aliphatic heterocycles. The maximum atomic E-state index is 13.6. The number of carbonyl (C=O) groups excluding carboxylic acids is 1. The van der Waals surface area contributed by atoms with Gasteiger partial charge in [-0.3, -0.25) is 9.69 Å². The fourth-order valence-corrected chi connectivity index (χ4v) is 5.67. The van der Waals surface area contributed by atoms with Gasteiger partial charge in [-0.2, -0.15) is 0 Å². The summed E-state index contributed by atoms with van der Waals surface area (Å²) in [6.45, 7) is 3.60. The van der Waals surface area contributed by atoms with E-state index >= 15 is 0 Å². The van der Waals surface area contributed by atoms with E-state index in [2.05, 4.69) is 69.8 Å². The first kappa shape index (κ1) is 20.4. The van der Waals surface area contributed by atoms with Crippen LogP contribution in [0.3, 0.4) is 0 Å². The highest BCUT2D eigenvalue weighted by molar-refractivity contribution is 7.10. The van der Waals surface area contributed by atoms with E-state index in [9.17, 15) is 4.79 Å². The smallest absolute Gasteiger partial charge is 0.237 e. The lowest BCUT2D eigenvalue weighted by Crippen LogP contribution is -2.46. The molecule has 0 radical (unpaired) electrons. The Morgan fingerprint density at radius 3 is 2.48 bits per heavy atom. The summed E-state index contributed by atoms with van der Waals surface area (Å²) in [7, 11) is 0. The summed E-state index contributed by atoms with van der Waals surface area (Å²) in [5.74, 6) is 0.208. The number of hydrogen-bond acceptors (Lipinski definition) is 4. The number of rotatable bonds is 4. The number of fused-ring (bicyclic) bond motifs is 1. The molecule has 4 nitrogen and oxygen atoms in total. The van der Waals surface area contributed by atoms with Crippen LogP contribution in [0.5, 0.6) is 0 Å². The minimum Gasteiger partial charge on any atom is -0.372 e. The third-order valence-corrected chi connectivity index (χ3v) is 7.29. The van der Waals surface area contributed by atoms with Crippen LogP contribution in [-0.2, 0) is 16.0 Å². The second-order valence-corrected chi connectivity index (χ2v) is 9.31. The van der Waals surface area contributed by atoms with Gasteiger partial charge < -0.3 is 9.64 Å². The summed E-state index contributed by atoms with van der Waals surface area (Å²) >= 11 is 1.81. The van der Waals surface area contributed by atoms with Crippen molar-refractivity contribution >= 4 is 17.2 Å². The molecule has 160 valence electrons. The summed E-state index contributed by atoms with van der Waals surface area (Å²) in [6, 6.07) is 23.0. The van der Waals surface area contributed by atoms with Crippen LogP contribution < -0.4 is 0 Å². The van der Waals surface area contributed by atoms with Gasteiger partial charge in [0, 0.05) is 31.1 Å². The molecule has 2 atom stereocenters. The van der Waals surface area contributed by atoms with Crippen molar-refractivity contribution in [3.63, 3.8) is 0 Å². The van der Waals surface area contributed by atoms with Gasteiger partial charge in [0.1, 0.15) is 0 Å². The van der Waals surface area contributed by atoms with E-state index in [1.54, 1.807) is 0 Å². The van der Waals surface area contributed by atoms with Crippen LogP contribution in [-0.4, -0.2) is 48.5 Å². The van der Waals surface area contributed by atoms with Gasteiger partial charge in [-0.1, -0.05) is 60.7 Å². The molecule has 5 heteroatoms. The van der Waals surface area contributed by atoms with Crippen LogP contribution in [0.2, 0.25) is 0 Å². The van der Waals surface area contributed by atoms with Gasteiger partial charge in [0.05, 0.1) is 18.7 Å². The van der Waals surface area contributed by atoms with Crippen molar-refractivity contribution in [1.82, 2.24) is 9.80 Å². The second-order valence-electron chi connectivity index (χ2n) is 8.31. The van der Waals surface area contributed by atoms with Crippen LogP contribution in [0.4, 0.5) is 0 Å². The molecule has 2 unspecified atom stereocenters. The molecule has 0 bridgehead atoms. The number of amides is 1. The summed E-state index contributed by atoms with van der Waals surface area (Å²) in [6.07, 6.45) is 1.91. The number of thiophene rings is 1. The Morgan fingerprint density at radius 1 is 0.968 bits per heavy atom. The fraction of sp³-hybridized carbons (Fsp3) is 0.346. The van der Waals surface area contributed by atoms with E-state index < -0.39 is 0 Å². The zero-order valence-electron chi connectivity index (χ0n) is 17.7. The van der Waals surface area contributed by atoms with Crippen molar-refractivity contribution < 1.29 is 9.53 Å². The minimum absolute atomic E-state index is 0.0110. The highest BCUT2D eigenvalue weighted by atomic mass is 32.1. The molecule has 1 saturated heterocycles.